The lowest BCUT2D eigenvalue weighted by atomic mass is 10.0. The molecular weight excluding hydrogens is 901 g/mol. The molecule has 1 unspecified atom stereocenters. The quantitative estimate of drug-likeness (QED) is 0.0261. The van der Waals surface area contributed by atoms with Crippen LogP contribution >= 0.6 is 0 Å². The molecular formula is C67H124O6. The van der Waals surface area contributed by atoms with Gasteiger partial charge in [0.15, 0.2) is 6.10 Å². The first-order chi connectivity index (χ1) is 36.0. The number of carbonyl (C=O) groups excluding carboxylic acids is 3. The maximum Gasteiger partial charge on any atom is 0.306 e. The smallest absolute Gasteiger partial charge is 0.306 e. The average molecular weight is 1030 g/mol. The Hall–Kier alpha value is -2.37. The Morgan fingerprint density at radius 2 is 0.521 bits per heavy atom. The molecule has 0 rings (SSSR count). The molecule has 0 aromatic rings. The fourth-order valence-electron chi connectivity index (χ4n) is 9.71. The third-order valence-corrected chi connectivity index (χ3v) is 14.6. The van der Waals surface area contributed by atoms with Crippen molar-refractivity contribution in [1.82, 2.24) is 0 Å². The molecule has 0 bridgehead atoms. The summed E-state index contributed by atoms with van der Waals surface area (Å²) in [5, 5.41) is 0. The van der Waals surface area contributed by atoms with Gasteiger partial charge in [0.05, 0.1) is 0 Å². The SMILES string of the molecule is CCC/C=C\C/C=C\CCCCCCCC(=O)OCC(COC(=O)CCCCCCCCCCCCC/C=C\CCCCCCCCCC)OC(=O)CCCCCCCCCCCCCCCCCCCCC. The molecule has 1 atom stereocenters. The zero-order valence-electron chi connectivity index (χ0n) is 49.2. The van der Waals surface area contributed by atoms with E-state index in [2.05, 4.69) is 57.2 Å². The summed E-state index contributed by atoms with van der Waals surface area (Å²) in [6, 6.07) is 0. The number of hydrogen-bond donors (Lipinski definition) is 0. The summed E-state index contributed by atoms with van der Waals surface area (Å²) in [5.41, 5.74) is 0. The highest BCUT2D eigenvalue weighted by Crippen LogP contribution is 2.18. The monoisotopic (exact) mass is 1020 g/mol. The summed E-state index contributed by atoms with van der Waals surface area (Å²) in [4.78, 5) is 38.3. The van der Waals surface area contributed by atoms with Crippen molar-refractivity contribution < 1.29 is 28.6 Å². The summed E-state index contributed by atoms with van der Waals surface area (Å²) in [5.74, 6) is -0.864. The van der Waals surface area contributed by atoms with Crippen LogP contribution in [0.5, 0.6) is 0 Å². The van der Waals surface area contributed by atoms with Crippen LogP contribution in [0.4, 0.5) is 0 Å². The highest BCUT2D eigenvalue weighted by molar-refractivity contribution is 5.71. The second kappa shape index (κ2) is 62.2. The van der Waals surface area contributed by atoms with Crippen LogP contribution in [0, 0.1) is 0 Å². The van der Waals surface area contributed by atoms with Gasteiger partial charge in [-0.3, -0.25) is 14.4 Å². The minimum absolute atomic E-state index is 0.0728. The molecule has 0 fully saturated rings. The second-order valence-corrected chi connectivity index (χ2v) is 22.0. The number of rotatable bonds is 60. The van der Waals surface area contributed by atoms with Gasteiger partial charge < -0.3 is 14.2 Å². The average Bonchev–Trinajstić information content (AvgIpc) is 3.39. The second-order valence-electron chi connectivity index (χ2n) is 22.0. The molecule has 0 radical (unpaired) electrons. The molecule has 0 aromatic carbocycles. The number of carbonyl (C=O) groups is 3. The van der Waals surface area contributed by atoms with E-state index in [-0.39, 0.29) is 31.1 Å². The molecule has 0 aromatic heterocycles. The fraction of sp³-hybridized carbons (Fsp3) is 0.866. The molecule has 0 amide bonds. The first kappa shape index (κ1) is 70.6. The predicted molar refractivity (Wildman–Crippen MR) is 316 cm³/mol. The Morgan fingerprint density at radius 1 is 0.274 bits per heavy atom. The summed E-state index contributed by atoms with van der Waals surface area (Å²) in [6.45, 7) is 6.63. The lowest BCUT2D eigenvalue weighted by Gasteiger charge is -2.18. The van der Waals surface area contributed by atoms with Gasteiger partial charge in [0.1, 0.15) is 13.2 Å². The van der Waals surface area contributed by atoms with Gasteiger partial charge in [0, 0.05) is 19.3 Å². The van der Waals surface area contributed by atoms with Crippen molar-refractivity contribution in [2.24, 2.45) is 0 Å². The van der Waals surface area contributed by atoms with Crippen molar-refractivity contribution in [3.8, 4) is 0 Å². The Labute approximate surface area is 455 Å². The number of unbranched alkanes of at least 4 members (excludes halogenated alkanes) is 43. The van der Waals surface area contributed by atoms with E-state index in [0.717, 1.165) is 83.5 Å². The number of allylic oxidation sites excluding steroid dienone is 6. The number of hydrogen-bond acceptors (Lipinski definition) is 6. The normalized spacial score (nSPS) is 12.2. The summed E-state index contributed by atoms with van der Waals surface area (Å²) in [7, 11) is 0. The maximum absolute atomic E-state index is 12.9. The molecule has 0 N–H and O–H groups in total. The van der Waals surface area contributed by atoms with Gasteiger partial charge in [0.25, 0.3) is 0 Å². The Bertz CT molecular complexity index is 1220. The number of ether oxygens (including phenoxy) is 3. The Morgan fingerprint density at radius 3 is 0.822 bits per heavy atom. The molecule has 428 valence electrons. The van der Waals surface area contributed by atoms with Crippen LogP contribution in [-0.2, 0) is 28.6 Å². The summed E-state index contributed by atoms with van der Waals surface area (Å²) in [6.07, 6.45) is 75.9. The largest absolute Gasteiger partial charge is 0.462 e. The van der Waals surface area contributed by atoms with Crippen molar-refractivity contribution in [2.45, 2.75) is 361 Å². The molecule has 0 aliphatic rings. The Kier molecular flexibility index (Phi) is 60.2. The van der Waals surface area contributed by atoms with E-state index in [0.29, 0.717) is 19.3 Å². The highest BCUT2D eigenvalue weighted by Gasteiger charge is 2.19. The van der Waals surface area contributed by atoms with E-state index < -0.39 is 6.10 Å². The van der Waals surface area contributed by atoms with E-state index in [1.54, 1.807) is 0 Å². The van der Waals surface area contributed by atoms with Crippen molar-refractivity contribution in [2.75, 3.05) is 13.2 Å². The van der Waals surface area contributed by atoms with Gasteiger partial charge in [-0.1, -0.05) is 301 Å². The third kappa shape index (κ3) is 60.4. The first-order valence-corrected chi connectivity index (χ1v) is 32.5. The summed E-state index contributed by atoms with van der Waals surface area (Å²) < 4.78 is 16.9. The van der Waals surface area contributed by atoms with Crippen molar-refractivity contribution in [1.29, 1.82) is 0 Å². The van der Waals surface area contributed by atoms with Crippen molar-refractivity contribution in [3.63, 3.8) is 0 Å². The Balaban J connectivity index is 4.27. The van der Waals surface area contributed by atoms with Gasteiger partial charge in [0.2, 0.25) is 0 Å². The zero-order chi connectivity index (χ0) is 52.9. The van der Waals surface area contributed by atoms with Crippen molar-refractivity contribution >= 4 is 17.9 Å². The standard InChI is InChI=1S/C67H124O6/c1-4-7-10-13-16-19-22-25-27-29-31-32-33-34-36-37-39-42-45-48-51-54-57-60-66(69)72-63-64(62-71-65(68)59-56-53-50-47-44-41-24-21-18-15-12-9-6-3)73-67(70)61-58-55-52-49-46-43-40-38-35-30-28-26-23-20-17-14-11-8-5-2/h12,15,21,24,29,31,64H,4-11,13-14,16-20,22-23,25-28,30,32-63H2,1-3H3/b15-12-,24-21-,31-29-. The van der Waals surface area contributed by atoms with E-state index in [1.807, 2.05) is 0 Å². The minimum Gasteiger partial charge on any atom is -0.462 e. The molecule has 6 nitrogen and oxygen atoms in total. The third-order valence-electron chi connectivity index (χ3n) is 14.6. The molecule has 6 heteroatoms. The predicted octanol–water partition coefficient (Wildman–Crippen LogP) is 22.0. The van der Waals surface area contributed by atoms with E-state index >= 15 is 0 Å². The van der Waals surface area contributed by atoms with Gasteiger partial charge in [-0.2, -0.15) is 0 Å². The van der Waals surface area contributed by atoms with Crippen LogP contribution in [0.3, 0.4) is 0 Å². The first-order valence-electron chi connectivity index (χ1n) is 32.5. The highest BCUT2D eigenvalue weighted by atomic mass is 16.6. The summed E-state index contributed by atoms with van der Waals surface area (Å²) >= 11 is 0. The maximum atomic E-state index is 12.9. The lowest BCUT2D eigenvalue weighted by Crippen LogP contribution is -2.30. The van der Waals surface area contributed by atoms with Crippen LogP contribution < -0.4 is 0 Å². The van der Waals surface area contributed by atoms with Gasteiger partial charge in [-0.05, 0) is 70.6 Å². The molecule has 73 heavy (non-hydrogen) atoms. The number of esters is 3. The van der Waals surface area contributed by atoms with Crippen LogP contribution in [0.2, 0.25) is 0 Å². The topological polar surface area (TPSA) is 78.9 Å². The zero-order valence-corrected chi connectivity index (χ0v) is 49.2. The van der Waals surface area contributed by atoms with E-state index in [4.69, 9.17) is 14.2 Å². The van der Waals surface area contributed by atoms with Crippen LogP contribution in [0.25, 0.3) is 0 Å². The van der Waals surface area contributed by atoms with Crippen LogP contribution in [0.1, 0.15) is 355 Å². The minimum atomic E-state index is -0.776. The lowest BCUT2D eigenvalue weighted by molar-refractivity contribution is -0.167. The van der Waals surface area contributed by atoms with Gasteiger partial charge in [-0.15, -0.1) is 0 Å². The van der Waals surface area contributed by atoms with E-state index in [1.165, 1.54) is 231 Å². The molecule has 0 saturated heterocycles. The molecule has 0 aliphatic heterocycles. The fourth-order valence-corrected chi connectivity index (χ4v) is 9.71. The van der Waals surface area contributed by atoms with Crippen LogP contribution in [0.15, 0.2) is 36.5 Å². The molecule has 0 aliphatic carbocycles. The molecule has 0 spiro atoms. The van der Waals surface area contributed by atoms with Gasteiger partial charge >= 0.3 is 17.9 Å². The molecule has 0 saturated carbocycles. The van der Waals surface area contributed by atoms with E-state index in [9.17, 15) is 14.4 Å². The molecule has 0 heterocycles. The van der Waals surface area contributed by atoms with Crippen LogP contribution in [-0.4, -0.2) is 37.2 Å². The van der Waals surface area contributed by atoms with Crippen molar-refractivity contribution in [3.05, 3.63) is 36.5 Å². The van der Waals surface area contributed by atoms with Gasteiger partial charge in [-0.25, -0.2) is 0 Å².